The van der Waals surface area contributed by atoms with Gasteiger partial charge < -0.3 is 5.73 Å². The Morgan fingerprint density at radius 3 is 2.45 bits per heavy atom. The van der Waals surface area contributed by atoms with Crippen molar-refractivity contribution in [1.82, 2.24) is 0 Å². The van der Waals surface area contributed by atoms with Crippen LogP contribution >= 0.6 is 23.4 Å². The molecule has 0 aromatic heterocycles. The average molecular weight is 306 g/mol. The van der Waals surface area contributed by atoms with Crippen LogP contribution in [-0.2, 0) is 0 Å². The van der Waals surface area contributed by atoms with E-state index >= 15 is 0 Å². The van der Waals surface area contributed by atoms with E-state index in [0.717, 1.165) is 5.02 Å². The summed E-state index contributed by atoms with van der Waals surface area (Å²) in [5, 5.41) is 0.962. The smallest absolute Gasteiger partial charge is 0.0493 e. The van der Waals surface area contributed by atoms with Crippen molar-refractivity contribution in [2.45, 2.75) is 37.0 Å². The molecule has 2 aromatic rings. The minimum absolute atomic E-state index is 0.0548. The van der Waals surface area contributed by atoms with Crippen LogP contribution in [0.5, 0.6) is 0 Å². The lowest BCUT2D eigenvalue weighted by atomic mass is 10.1. The summed E-state index contributed by atoms with van der Waals surface area (Å²) in [6.07, 6.45) is 0. The quantitative estimate of drug-likeness (QED) is 0.792. The number of halogens is 1. The number of hydrogen-bond acceptors (Lipinski definition) is 2. The van der Waals surface area contributed by atoms with Crippen LogP contribution in [0.3, 0.4) is 0 Å². The van der Waals surface area contributed by atoms with E-state index in [9.17, 15) is 0 Å². The normalized spacial score (nSPS) is 14.1. The average Bonchev–Trinajstić information content (AvgIpc) is 2.37. The van der Waals surface area contributed by atoms with Gasteiger partial charge in [-0.2, -0.15) is 0 Å². The molecule has 0 saturated carbocycles. The molecule has 0 bridgehead atoms. The first kappa shape index (κ1) is 15.4. The maximum atomic E-state index is 6.18. The van der Waals surface area contributed by atoms with Gasteiger partial charge in [0.25, 0.3) is 0 Å². The molecule has 1 nitrogen and oxygen atoms in total. The zero-order chi connectivity index (χ0) is 14.7. The minimum Gasteiger partial charge on any atom is -0.327 e. The summed E-state index contributed by atoms with van der Waals surface area (Å²) in [7, 11) is 0. The summed E-state index contributed by atoms with van der Waals surface area (Å²) in [6, 6.07) is 14.6. The number of thioether (sulfide) groups is 1. The van der Waals surface area contributed by atoms with Gasteiger partial charge in [-0.25, -0.2) is 0 Å². The lowest BCUT2D eigenvalue weighted by Crippen LogP contribution is -2.22. The van der Waals surface area contributed by atoms with E-state index in [1.165, 1.54) is 21.6 Å². The van der Waals surface area contributed by atoms with Gasteiger partial charge in [-0.15, -0.1) is 11.8 Å². The minimum atomic E-state index is 0.0548. The third-order valence-electron chi connectivity index (χ3n) is 3.24. The molecule has 0 spiro atoms. The van der Waals surface area contributed by atoms with Crippen molar-refractivity contribution >= 4 is 23.4 Å². The Morgan fingerprint density at radius 1 is 1.10 bits per heavy atom. The molecule has 0 saturated heterocycles. The van der Waals surface area contributed by atoms with Crippen LogP contribution in [0.1, 0.15) is 28.9 Å². The molecule has 0 radical (unpaired) electrons. The molecule has 2 N–H and O–H groups in total. The third kappa shape index (κ3) is 3.78. The van der Waals surface area contributed by atoms with Crippen molar-refractivity contribution in [2.24, 2.45) is 5.73 Å². The molecule has 0 aliphatic rings. The van der Waals surface area contributed by atoms with Gasteiger partial charge in [0, 0.05) is 21.2 Å². The predicted molar refractivity (Wildman–Crippen MR) is 89.6 cm³/mol. The Bertz CT molecular complexity index is 595. The van der Waals surface area contributed by atoms with Gasteiger partial charge in [-0.1, -0.05) is 41.4 Å². The molecule has 0 heterocycles. The molecule has 2 unspecified atom stereocenters. The van der Waals surface area contributed by atoms with E-state index in [0.29, 0.717) is 0 Å². The monoisotopic (exact) mass is 305 g/mol. The molecule has 0 aliphatic heterocycles. The van der Waals surface area contributed by atoms with Crippen LogP contribution in [0.15, 0.2) is 47.4 Å². The van der Waals surface area contributed by atoms with Gasteiger partial charge in [-0.05, 0) is 50.1 Å². The predicted octanol–water partition coefficient (Wildman–Crippen LogP) is 5.14. The van der Waals surface area contributed by atoms with Gasteiger partial charge >= 0.3 is 0 Å². The van der Waals surface area contributed by atoms with Crippen molar-refractivity contribution in [3.05, 3.63) is 64.2 Å². The van der Waals surface area contributed by atoms with Crippen LogP contribution in [0, 0.1) is 13.8 Å². The number of rotatable bonds is 4. The fraction of sp³-hybridized carbons (Fsp3) is 0.294. The molecule has 0 amide bonds. The first-order valence-corrected chi connectivity index (χ1v) is 7.98. The number of hydrogen-bond donors (Lipinski definition) is 1. The molecular weight excluding hydrogens is 286 g/mol. The van der Waals surface area contributed by atoms with Crippen molar-refractivity contribution in [2.75, 3.05) is 0 Å². The van der Waals surface area contributed by atoms with Crippen LogP contribution < -0.4 is 5.73 Å². The van der Waals surface area contributed by atoms with E-state index in [2.05, 4.69) is 38.1 Å². The van der Waals surface area contributed by atoms with E-state index < -0.39 is 0 Å². The standard InChI is InChI=1S/C17H20ClNS/c1-11-7-8-16(12(2)9-11)20-17(13(3)19)14-5-4-6-15(18)10-14/h4-10,13,17H,19H2,1-3H3. The molecular formula is C17H20ClNS. The van der Waals surface area contributed by atoms with Gasteiger partial charge in [0.2, 0.25) is 0 Å². The topological polar surface area (TPSA) is 26.0 Å². The molecule has 0 aliphatic carbocycles. The zero-order valence-electron chi connectivity index (χ0n) is 12.1. The van der Waals surface area contributed by atoms with Gasteiger partial charge in [0.15, 0.2) is 0 Å². The first-order chi connectivity index (χ1) is 9.47. The van der Waals surface area contributed by atoms with Gasteiger partial charge in [-0.3, -0.25) is 0 Å². The second kappa shape index (κ2) is 6.66. The summed E-state index contributed by atoms with van der Waals surface area (Å²) in [4.78, 5) is 1.28. The number of nitrogens with two attached hydrogens (primary N) is 1. The summed E-state index contributed by atoms with van der Waals surface area (Å²) >= 11 is 7.91. The van der Waals surface area contributed by atoms with Crippen LogP contribution in [0.2, 0.25) is 5.02 Å². The van der Waals surface area contributed by atoms with Gasteiger partial charge in [0.1, 0.15) is 0 Å². The van der Waals surface area contributed by atoms with Crippen molar-refractivity contribution < 1.29 is 0 Å². The van der Waals surface area contributed by atoms with E-state index in [4.69, 9.17) is 17.3 Å². The SMILES string of the molecule is Cc1ccc(SC(c2cccc(Cl)c2)C(C)N)c(C)c1. The molecule has 3 heteroatoms. The number of aryl methyl sites for hydroxylation is 2. The van der Waals surface area contributed by atoms with Crippen LogP contribution in [-0.4, -0.2) is 6.04 Å². The highest BCUT2D eigenvalue weighted by Gasteiger charge is 2.18. The second-order valence-corrected chi connectivity index (χ2v) is 6.84. The zero-order valence-corrected chi connectivity index (χ0v) is 13.6. The van der Waals surface area contributed by atoms with Crippen molar-refractivity contribution in [1.29, 1.82) is 0 Å². The molecule has 2 aromatic carbocycles. The fourth-order valence-electron chi connectivity index (χ4n) is 2.23. The summed E-state index contributed by atoms with van der Waals surface area (Å²) in [5.74, 6) is 0. The van der Waals surface area contributed by atoms with Crippen molar-refractivity contribution in [3.8, 4) is 0 Å². The number of benzene rings is 2. The Labute approximate surface area is 130 Å². The third-order valence-corrected chi connectivity index (χ3v) is 5.14. The van der Waals surface area contributed by atoms with E-state index in [-0.39, 0.29) is 11.3 Å². The lowest BCUT2D eigenvalue weighted by Gasteiger charge is -2.22. The molecule has 20 heavy (non-hydrogen) atoms. The largest absolute Gasteiger partial charge is 0.327 e. The summed E-state index contributed by atoms with van der Waals surface area (Å²) in [6.45, 7) is 6.30. The summed E-state index contributed by atoms with van der Waals surface area (Å²) in [5.41, 5.74) is 9.94. The Morgan fingerprint density at radius 2 is 1.85 bits per heavy atom. The molecule has 106 valence electrons. The van der Waals surface area contributed by atoms with Crippen molar-refractivity contribution in [3.63, 3.8) is 0 Å². The molecule has 2 atom stereocenters. The Kier molecular flexibility index (Phi) is 5.14. The molecule has 0 fully saturated rings. The first-order valence-electron chi connectivity index (χ1n) is 6.72. The van der Waals surface area contributed by atoms with E-state index in [1.54, 1.807) is 0 Å². The maximum Gasteiger partial charge on any atom is 0.0493 e. The second-order valence-electron chi connectivity index (χ2n) is 5.22. The fourth-order valence-corrected chi connectivity index (χ4v) is 3.59. The Balaban J connectivity index is 2.30. The Hall–Kier alpha value is -0.960. The highest BCUT2D eigenvalue weighted by molar-refractivity contribution is 7.99. The van der Waals surface area contributed by atoms with Crippen LogP contribution in [0.25, 0.3) is 0 Å². The highest BCUT2D eigenvalue weighted by atomic mass is 35.5. The highest BCUT2D eigenvalue weighted by Crippen LogP contribution is 2.39. The lowest BCUT2D eigenvalue weighted by molar-refractivity contribution is 0.721. The molecule has 2 rings (SSSR count). The maximum absolute atomic E-state index is 6.18. The van der Waals surface area contributed by atoms with Crippen LogP contribution in [0.4, 0.5) is 0 Å². The van der Waals surface area contributed by atoms with Gasteiger partial charge in [0.05, 0.1) is 0 Å². The summed E-state index contributed by atoms with van der Waals surface area (Å²) < 4.78 is 0. The van der Waals surface area contributed by atoms with E-state index in [1.807, 2.05) is 36.9 Å².